The summed E-state index contributed by atoms with van der Waals surface area (Å²) in [6.07, 6.45) is 0.886. The molecule has 2 aliphatic heterocycles. The van der Waals surface area contributed by atoms with Crippen LogP contribution in [-0.4, -0.2) is 70.9 Å². The zero-order valence-corrected chi connectivity index (χ0v) is 24.8. The second-order valence-electron chi connectivity index (χ2n) is 11.6. The number of ether oxygens (including phenoxy) is 3. The average molecular weight is 575 g/mol. The maximum atomic E-state index is 13.7. The van der Waals surface area contributed by atoms with Crippen molar-refractivity contribution in [2.75, 3.05) is 6.54 Å². The Hall–Kier alpha value is -3.14. The van der Waals surface area contributed by atoms with E-state index >= 15 is 0 Å². The zero-order valence-electron chi connectivity index (χ0n) is 24.8. The first kappa shape index (κ1) is 32.4. The summed E-state index contributed by atoms with van der Waals surface area (Å²) in [5, 5.41) is 13.8. The number of aliphatic hydroxyl groups is 1. The fraction of sp³-hybridized carbons (Fsp3) is 0.677. The fourth-order valence-electron chi connectivity index (χ4n) is 5.40. The minimum absolute atomic E-state index is 0.00503. The van der Waals surface area contributed by atoms with Gasteiger partial charge in [0.25, 0.3) is 5.91 Å². The highest BCUT2D eigenvalue weighted by Gasteiger charge is 2.46. The molecule has 0 radical (unpaired) electrons. The molecule has 2 N–H and O–H groups in total. The number of cyclic esters (lactones) is 2. The Morgan fingerprint density at radius 2 is 1.80 bits per heavy atom. The number of carbonyl (C=O) groups is 4. The van der Waals surface area contributed by atoms with Gasteiger partial charge in [-0.3, -0.25) is 14.4 Å². The predicted octanol–water partition coefficient (Wildman–Crippen LogP) is 4.12. The highest BCUT2D eigenvalue weighted by atomic mass is 16.6. The van der Waals surface area contributed by atoms with E-state index in [1.165, 1.54) is 4.90 Å². The number of fused-ring (bicyclic) bond motifs is 1. The molecule has 1 aromatic rings. The zero-order chi connectivity index (χ0) is 29.9. The van der Waals surface area contributed by atoms with Crippen molar-refractivity contribution in [3.63, 3.8) is 0 Å². The van der Waals surface area contributed by atoms with Crippen molar-refractivity contribution >= 4 is 23.9 Å². The van der Waals surface area contributed by atoms with Crippen LogP contribution in [0.2, 0.25) is 0 Å². The van der Waals surface area contributed by atoms with E-state index in [1.54, 1.807) is 20.8 Å². The first-order valence-corrected chi connectivity index (χ1v) is 15.0. The van der Waals surface area contributed by atoms with E-state index in [0.29, 0.717) is 6.42 Å². The maximum Gasteiger partial charge on any atom is 0.407 e. The predicted molar refractivity (Wildman–Crippen MR) is 151 cm³/mol. The number of alkyl carbamates (subject to hydrolysis) is 1. The van der Waals surface area contributed by atoms with Crippen molar-refractivity contribution in [2.45, 2.75) is 116 Å². The van der Waals surface area contributed by atoms with E-state index < -0.39 is 60.3 Å². The van der Waals surface area contributed by atoms with Gasteiger partial charge in [-0.1, -0.05) is 76.8 Å². The Morgan fingerprint density at radius 3 is 2.49 bits per heavy atom. The van der Waals surface area contributed by atoms with Crippen molar-refractivity contribution in [3.05, 3.63) is 35.9 Å². The smallest absolute Gasteiger partial charge is 0.407 e. The second-order valence-corrected chi connectivity index (χ2v) is 11.6. The Labute approximate surface area is 243 Å². The van der Waals surface area contributed by atoms with E-state index in [1.807, 2.05) is 30.3 Å². The number of carbonyl (C=O) groups excluding carboxylic acids is 4. The summed E-state index contributed by atoms with van der Waals surface area (Å²) in [4.78, 5) is 53.7. The lowest BCUT2D eigenvalue weighted by atomic mass is 9.97. The van der Waals surface area contributed by atoms with Crippen LogP contribution < -0.4 is 5.32 Å². The first-order valence-electron chi connectivity index (χ1n) is 15.0. The molecule has 2 heterocycles. The quantitative estimate of drug-likeness (QED) is 0.242. The van der Waals surface area contributed by atoms with E-state index in [9.17, 15) is 24.3 Å². The number of nitrogens with one attached hydrogen (secondary N) is 1. The first-order chi connectivity index (χ1) is 19.6. The minimum Gasteiger partial charge on any atom is -0.461 e. The van der Waals surface area contributed by atoms with Crippen LogP contribution in [0.5, 0.6) is 0 Å². The number of benzene rings is 1. The molecule has 3 rings (SSSR count). The van der Waals surface area contributed by atoms with Gasteiger partial charge >= 0.3 is 18.0 Å². The summed E-state index contributed by atoms with van der Waals surface area (Å²) < 4.78 is 17.1. The Kier molecular flexibility index (Phi) is 12.4. The van der Waals surface area contributed by atoms with Gasteiger partial charge in [0.2, 0.25) is 0 Å². The van der Waals surface area contributed by atoms with Crippen LogP contribution in [0.3, 0.4) is 0 Å². The van der Waals surface area contributed by atoms with Crippen LogP contribution in [0.25, 0.3) is 0 Å². The third kappa shape index (κ3) is 9.45. The number of aliphatic hydroxyl groups excluding tert-OH is 1. The average Bonchev–Trinajstić information content (AvgIpc) is 3.37. The highest BCUT2D eigenvalue weighted by Crippen LogP contribution is 2.29. The largest absolute Gasteiger partial charge is 0.461 e. The maximum absolute atomic E-state index is 13.7. The molecule has 0 spiro atoms. The number of rotatable bonds is 10. The molecule has 2 saturated heterocycles. The molecule has 228 valence electrons. The van der Waals surface area contributed by atoms with Crippen molar-refractivity contribution in [3.8, 4) is 0 Å². The Bertz CT molecular complexity index is 1020. The molecule has 41 heavy (non-hydrogen) atoms. The van der Waals surface area contributed by atoms with Crippen LogP contribution >= 0.6 is 0 Å². The lowest BCUT2D eigenvalue weighted by Gasteiger charge is -2.34. The van der Waals surface area contributed by atoms with E-state index in [0.717, 1.165) is 37.7 Å². The summed E-state index contributed by atoms with van der Waals surface area (Å²) >= 11 is 0. The monoisotopic (exact) mass is 574 g/mol. The number of nitrogens with zero attached hydrogens (tertiary/aromatic N) is 1. The van der Waals surface area contributed by atoms with Crippen LogP contribution in [0.1, 0.15) is 84.6 Å². The number of unbranched alkanes of at least 4 members (excludes halogenated alkanes) is 4. The molecular formula is C31H46N2O8. The number of hydrogen-bond acceptors (Lipinski definition) is 8. The summed E-state index contributed by atoms with van der Waals surface area (Å²) in [6, 6.07) is 8.55. The van der Waals surface area contributed by atoms with Gasteiger partial charge in [-0.2, -0.15) is 0 Å². The normalized spacial score (nSPS) is 27.4. The number of hydrogen-bond donors (Lipinski definition) is 2. The summed E-state index contributed by atoms with van der Waals surface area (Å²) in [7, 11) is 0. The molecule has 6 atom stereocenters. The van der Waals surface area contributed by atoms with E-state index in [2.05, 4.69) is 12.2 Å². The molecule has 10 nitrogen and oxygen atoms in total. The molecule has 1 aromatic carbocycles. The molecule has 2 unspecified atom stereocenters. The molecule has 0 aliphatic carbocycles. The second kappa shape index (κ2) is 15.7. The number of esters is 2. The number of amides is 2. The summed E-state index contributed by atoms with van der Waals surface area (Å²) in [6.45, 7) is 7.62. The third-order valence-electron chi connectivity index (χ3n) is 7.86. The van der Waals surface area contributed by atoms with Crippen LogP contribution in [-0.2, 0) is 35.1 Å². The van der Waals surface area contributed by atoms with Crippen molar-refractivity contribution in [2.24, 2.45) is 11.8 Å². The van der Waals surface area contributed by atoms with Gasteiger partial charge in [0.15, 0.2) is 6.10 Å². The van der Waals surface area contributed by atoms with Crippen molar-refractivity contribution in [1.29, 1.82) is 0 Å². The Morgan fingerprint density at radius 1 is 1.10 bits per heavy atom. The molecule has 2 aliphatic rings. The standard InChI is InChI=1S/C31H46N2O8/c1-5-6-7-8-12-15-26-21(4)30(37)41-28(20(2)3)29(36)33-19-23(16-24(33)25(34)17-27(35)40-26)39-31(38)32-18-22-13-10-9-11-14-22/h9-11,13-14,20-21,23-26,28,34H,5-8,12,15-19H2,1-4H3,(H,32,38)/t21-,23+,24-,25+,26?,28?/m0/s1. The molecule has 0 aromatic heterocycles. The summed E-state index contributed by atoms with van der Waals surface area (Å²) in [5.74, 6) is -2.84. The van der Waals surface area contributed by atoms with Gasteiger partial charge in [0, 0.05) is 13.0 Å². The molecular weight excluding hydrogens is 528 g/mol. The van der Waals surface area contributed by atoms with Crippen LogP contribution in [0.15, 0.2) is 30.3 Å². The molecule has 2 fully saturated rings. The van der Waals surface area contributed by atoms with Gasteiger partial charge in [0.1, 0.15) is 12.2 Å². The molecule has 0 bridgehead atoms. The highest BCUT2D eigenvalue weighted by molar-refractivity contribution is 5.85. The fourth-order valence-corrected chi connectivity index (χ4v) is 5.40. The summed E-state index contributed by atoms with van der Waals surface area (Å²) in [5.41, 5.74) is 0.903. The van der Waals surface area contributed by atoms with Crippen molar-refractivity contribution in [1.82, 2.24) is 10.2 Å². The van der Waals surface area contributed by atoms with Crippen molar-refractivity contribution < 1.29 is 38.5 Å². The van der Waals surface area contributed by atoms with Crippen LogP contribution in [0, 0.1) is 11.8 Å². The lowest BCUT2D eigenvalue weighted by Crippen LogP contribution is -2.51. The third-order valence-corrected chi connectivity index (χ3v) is 7.86. The molecule has 0 saturated carbocycles. The van der Waals surface area contributed by atoms with Gasteiger partial charge < -0.3 is 29.5 Å². The topological polar surface area (TPSA) is 131 Å². The van der Waals surface area contributed by atoms with Gasteiger partial charge in [-0.25, -0.2) is 4.79 Å². The van der Waals surface area contributed by atoms with E-state index in [4.69, 9.17) is 14.2 Å². The lowest BCUT2D eigenvalue weighted by molar-refractivity contribution is -0.176. The van der Waals surface area contributed by atoms with Gasteiger partial charge in [-0.05, 0) is 31.2 Å². The minimum atomic E-state index is -1.24. The van der Waals surface area contributed by atoms with Gasteiger partial charge in [-0.15, -0.1) is 0 Å². The molecule has 2 amide bonds. The molecule has 10 heteroatoms. The van der Waals surface area contributed by atoms with Crippen LogP contribution in [0.4, 0.5) is 4.79 Å². The van der Waals surface area contributed by atoms with Gasteiger partial charge in [0.05, 0.1) is 31.0 Å². The SMILES string of the molecule is CCCCCCCC1OC(=O)C[C@@H](O)[C@@H]2C[C@@H](OC(=O)NCc3ccccc3)CN2C(=O)C(C(C)C)OC(=O)[C@H]1C. The Balaban J connectivity index is 1.73. The van der Waals surface area contributed by atoms with E-state index in [-0.39, 0.29) is 31.8 Å².